The molecule has 4 heteroatoms. The molecular weight excluding hydrogens is 210 g/mol. The first-order valence-electron chi connectivity index (χ1n) is 4.75. The molecule has 1 heterocycles. The van der Waals surface area contributed by atoms with E-state index in [4.69, 9.17) is 0 Å². The maximum Gasteiger partial charge on any atom is 0.252 e. The summed E-state index contributed by atoms with van der Waals surface area (Å²) in [4.78, 5) is 24.0. The number of amides is 1. The van der Waals surface area contributed by atoms with Crippen LogP contribution in [0.25, 0.3) is 0 Å². The molecule has 1 aliphatic rings. The van der Waals surface area contributed by atoms with E-state index in [1.165, 1.54) is 0 Å². The number of hydrogen-bond donors (Lipinski definition) is 1. The minimum absolute atomic E-state index is 0.131. The van der Waals surface area contributed by atoms with E-state index in [1.54, 1.807) is 37.0 Å². The topological polar surface area (TPSA) is 46.2 Å². The second-order valence-electron chi connectivity index (χ2n) is 3.28. The minimum atomic E-state index is -0.131. The lowest BCUT2D eigenvalue weighted by molar-refractivity contribution is 0.0960. The zero-order valence-electron chi connectivity index (χ0n) is 8.37. The zero-order chi connectivity index (χ0) is 10.8. The van der Waals surface area contributed by atoms with Crippen LogP contribution in [0.1, 0.15) is 27.1 Å². The first-order valence-corrected chi connectivity index (χ1v) is 5.73. The van der Waals surface area contributed by atoms with Gasteiger partial charge in [-0.25, -0.2) is 0 Å². The van der Waals surface area contributed by atoms with Gasteiger partial charge in [-0.1, -0.05) is 12.1 Å². The van der Waals surface area contributed by atoms with Gasteiger partial charge in [0.15, 0.2) is 5.78 Å². The Morgan fingerprint density at radius 1 is 1.47 bits per heavy atom. The lowest BCUT2D eigenvalue weighted by atomic mass is 10.0. The third-order valence-corrected chi connectivity index (χ3v) is 3.50. The van der Waals surface area contributed by atoms with Gasteiger partial charge in [-0.15, -0.1) is 11.8 Å². The Morgan fingerprint density at radius 3 is 3.00 bits per heavy atom. The third-order valence-electron chi connectivity index (χ3n) is 2.36. The van der Waals surface area contributed by atoms with Crippen LogP contribution in [-0.4, -0.2) is 24.5 Å². The van der Waals surface area contributed by atoms with Gasteiger partial charge in [-0.05, 0) is 6.07 Å². The molecule has 0 unspecified atom stereocenters. The van der Waals surface area contributed by atoms with Gasteiger partial charge in [0.1, 0.15) is 0 Å². The molecule has 0 saturated heterocycles. The molecule has 15 heavy (non-hydrogen) atoms. The Bertz CT molecular complexity index is 429. The van der Waals surface area contributed by atoms with Crippen LogP contribution in [0.15, 0.2) is 23.1 Å². The molecule has 0 aromatic heterocycles. The van der Waals surface area contributed by atoms with Crippen molar-refractivity contribution in [1.29, 1.82) is 0 Å². The zero-order valence-corrected chi connectivity index (χ0v) is 9.19. The Labute approximate surface area is 92.2 Å². The molecule has 0 aliphatic carbocycles. The van der Waals surface area contributed by atoms with Gasteiger partial charge in [0.2, 0.25) is 0 Å². The molecular formula is C11H11NO2S. The van der Waals surface area contributed by atoms with Crippen molar-refractivity contribution < 1.29 is 9.59 Å². The molecule has 1 aromatic carbocycles. The van der Waals surface area contributed by atoms with Crippen LogP contribution in [0, 0.1) is 0 Å². The van der Waals surface area contributed by atoms with E-state index in [-0.39, 0.29) is 11.7 Å². The van der Waals surface area contributed by atoms with Crippen LogP contribution >= 0.6 is 11.8 Å². The van der Waals surface area contributed by atoms with Crippen LogP contribution in [0.4, 0.5) is 0 Å². The number of ketones is 1. The molecule has 0 fully saturated rings. The molecule has 1 amide bonds. The lowest BCUT2D eigenvalue weighted by Gasteiger charge is -2.16. The number of Topliss-reactive ketones (excluding diaryl/α,β-unsaturated/α-hetero) is 1. The molecule has 3 nitrogen and oxygen atoms in total. The molecule has 0 spiro atoms. The van der Waals surface area contributed by atoms with Crippen LogP contribution in [0.3, 0.4) is 0 Å². The maximum absolute atomic E-state index is 11.6. The highest BCUT2D eigenvalue weighted by molar-refractivity contribution is 7.99. The lowest BCUT2D eigenvalue weighted by Crippen LogP contribution is -2.21. The maximum atomic E-state index is 11.6. The highest BCUT2D eigenvalue weighted by atomic mass is 32.2. The van der Waals surface area contributed by atoms with Crippen molar-refractivity contribution in [3.05, 3.63) is 29.3 Å². The summed E-state index contributed by atoms with van der Waals surface area (Å²) in [6.07, 6.45) is 0.564. The Balaban J connectivity index is 2.54. The highest BCUT2D eigenvalue weighted by Crippen LogP contribution is 2.32. The Kier molecular flexibility index (Phi) is 2.77. The summed E-state index contributed by atoms with van der Waals surface area (Å²) >= 11 is 1.58. The third kappa shape index (κ3) is 1.77. The molecule has 1 N–H and O–H groups in total. The first-order chi connectivity index (χ1) is 7.24. The number of nitrogens with one attached hydrogen (secondary N) is 1. The van der Waals surface area contributed by atoms with E-state index in [1.807, 2.05) is 0 Å². The molecule has 0 bridgehead atoms. The predicted octanol–water partition coefficient (Wildman–Crippen LogP) is 1.72. The summed E-state index contributed by atoms with van der Waals surface area (Å²) in [5.74, 6) is 0.767. The average molecular weight is 221 g/mol. The molecule has 2 rings (SSSR count). The fraction of sp³-hybridized carbons (Fsp3) is 0.273. The van der Waals surface area contributed by atoms with Crippen molar-refractivity contribution in [2.75, 3.05) is 12.8 Å². The molecule has 1 aromatic rings. The van der Waals surface area contributed by atoms with Crippen LogP contribution < -0.4 is 5.32 Å². The number of carbonyl (C=O) groups excluding carboxylic acids is 2. The SMILES string of the molecule is CNC(=O)c1cccc2c1SCCC2=O. The van der Waals surface area contributed by atoms with E-state index in [2.05, 4.69) is 5.32 Å². The van der Waals surface area contributed by atoms with Gasteiger partial charge >= 0.3 is 0 Å². The van der Waals surface area contributed by atoms with Crippen molar-refractivity contribution in [1.82, 2.24) is 5.32 Å². The summed E-state index contributed by atoms with van der Waals surface area (Å²) in [5.41, 5.74) is 1.29. The van der Waals surface area contributed by atoms with Gasteiger partial charge in [-0.2, -0.15) is 0 Å². The highest BCUT2D eigenvalue weighted by Gasteiger charge is 2.22. The van der Waals surface area contributed by atoms with Crippen molar-refractivity contribution in [2.45, 2.75) is 11.3 Å². The quantitative estimate of drug-likeness (QED) is 0.785. The standard InChI is InChI=1S/C11H11NO2S/c1-12-11(14)8-4-2-3-7-9(13)5-6-15-10(7)8/h2-4H,5-6H2,1H3,(H,12,14). The summed E-state index contributed by atoms with van der Waals surface area (Å²) in [5, 5.41) is 2.58. The van der Waals surface area contributed by atoms with E-state index in [0.717, 1.165) is 10.6 Å². The van der Waals surface area contributed by atoms with Crippen molar-refractivity contribution >= 4 is 23.5 Å². The number of rotatable bonds is 1. The number of thioether (sulfide) groups is 1. The largest absolute Gasteiger partial charge is 0.355 e. The van der Waals surface area contributed by atoms with Gasteiger partial charge in [0.25, 0.3) is 5.91 Å². The van der Waals surface area contributed by atoms with Crippen LogP contribution in [-0.2, 0) is 0 Å². The number of benzene rings is 1. The van der Waals surface area contributed by atoms with Crippen molar-refractivity contribution in [3.8, 4) is 0 Å². The van der Waals surface area contributed by atoms with Crippen LogP contribution in [0.2, 0.25) is 0 Å². The average Bonchev–Trinajstić information content (AvgIpc) is 2.28. The second kappa shape index (κ2) is 4.06. The fourth-order valence-corrected chi connectivity index (χ4v) is 2.75. The van der Waals surface area contributed by atoms with Crippen molar-refractivity contribution in [3.63, 3.8) is 0 Å². The first kappa shape index (κ1) is 10.2. The fourth-order valence-electron chi connectivity index (χ4n) is 1.61. The normalized spacial score (nSPS) is 14.6. The predicted molar refractivity (Wildman–Crippen MR) is 59.5 cm³/mol. The smallest absolute Gasteiger partial charge is 0.252 e. The molecule has 0 saturated carbocycles. The van der Waals surface area contributed by atoms with Gasteiger partial charge < -0.3 is 5.32 Å². The van der Waals surface area contributed by atoms with Gasteiger partial charge in [0.05, 0.1) is 5.56 Å². The summed E-state index contributed by atoms with van der Waals surface area (Å²) in [6.45, 7) is 0. The van der Waals surface area contributed by atoms with Gasteiger partial charge in [-0.3, -0.25) is 9.59 Å². The second-order valence-corrected chi connectivity index (χ2v) is 4.39. The van der Waals surface area contributed by atoms with E-state index >= 15 is 0 Å². The molecule has 0 radical (unpaired) electrons. The molecule has 78 valence electrons. The Morgan fingerprint density at radius 2 is 2.27 bits per heavy atom. The van der Waals surface area contributed by atoms with E-state index < -0.39 is 0 Å². The number of fused-ring (bicyclic) bond motifs is 1. The molecule has 1 aliphatic heterocycles. The summed E-state index contributed by atoms with van der Waals surface area (Å²) in [6, 6.07) is 5.30. The van der Waals surface area contributed by atoms with E-state index in [9.17, 15) is 9.59 Å². The van der Waals surface area contributed by atoms with Gasteiger partial charge in [0, 0.05) is 29.7 Å². The number of carbonyl (C=O) groups is 2. The van der Waals surface area contributed by atoms with Crippen LogP contribution in [0.5, 0.6) is 0 Å². The summed E-state index contributed by atoms with van der Waals surface area (Å²) in [7, 11) is 1.59. The minimum Gasteiger partial charge on any atom is -0.355 e. The summed E-state index contributed by atoms with van der Waals surface area (Å²) < 4.78 is 0. The van der Waals surface area contributed by atoms with E-state index in [0.29, 0.717) is 17.5 Å². The Hall–Kier alpha value is -1.29. The monoisotopic (exact) mass is 221 g/mol. The van der Waals surface area contributed by atoms with Crippen molar-refractivity contribution in [2.24, 2.45) is 0 Å². The number of hydrogen-bond acceptors (Lipinski definition) is 3. The molecule has 0 atom stereocenters.